The molecule has 0 bridgehead atoms. The van der Waals surface area contributed by atoms with E-state index in [0.29, 0.717) is 6.61 Å². The molecular formula is C16H34Na3O6P2+3. The Hall–Kier alpha value is 3.04. The minimum atomic E-state index is -3.24. The zero-order chi connectivity index (χ0) is 18.5. The fourth-order valence-electron chi connectivity index (χ4n) is 2.36. The van der Waals surface area contributed by atoms with E-state index in [1.54, 1.807) is 0 Å². The Morgan fingerprint density at radius 1 is 0.630 bits per heavy atom. The van der Waals surface area contributed by atoms with Gasteiger partial charge in [0.25, 0.3) is 0 Å². The van der Waals surface area contributed by atoms with Crippen LogP contribution < -0.4 is 98.5 Å². The van der Waals surface area contributed by atoms with Gasteiger partial charge in [-0.15, -0.1) is 0 Å². The van der Waals surface area contributed by atoms with Crippen LogP contribution in [0.5, 0.6) is 0 Å². The van der Waals surface area contributed by atoms with Gasteiger partial charge in [0, 0.05) is 6.61 Å². The molecule has 0 aliphatic heterocycles. The first-order chi connectivity index (χ1) is 11.5. The van der Waals surface area contributed by atoms with Crippen molar-refractivity contribution in [3.63, 3.8) is 0 Å². The first-order valence-corrected chi connectivity index (χ1v) is 11.3. The Morgan fingerprint density at radius 3 is 1.07 bits per heavy atom. The Labute approximate surface area is 234 Å². The molecular weight excluding hydrogens is 419 g/mol. The van der Waals surface area contributed by atoms with Gasteiger partial charge in [0.05, 0.1) is 0 Å². The molecule has 0 aliphatic rings. The van der Waals surface area contributed by atoms with Crippen molar-refractivity contribution < 1.29 is 117 Å². The molecule has 0 saturated heterocycles. The van der Waals surface area contributed by atoms with Crippen molar-refractivity contribution >= 4 is 16.5 Å². The van der Waals surface area contributed by atoms with Crippen LogP contribution >= 0.6 is 16.5 Å². The third kappa shape index (κ3) is 48.0. The van der Waals surface area contributed by atoms with Crippen LogP contribution in [0.2, 0.25) is 0 Å². The summed E-state index contributed by atoms with van der Waals surface area (Å²) in [5.41, 5.74) is 0. The standard InChI is InChI=1S/C16H34O.3Na.O5P2/c1-2-3-4-5-6-7-8-9-10-11-12-13-14-15-16-17;;;;1-6(2)5-7(3)4/h17H,2-16H2,1H3;;;;/q;3*+1;. The van der Waals surface area contributed by atoms with Crippen LogP contribution in [0.4, 0.5) is 0 Å². The second-order valence-electron chi connectivity index (χ2n) is 5.85. The Bertz CT molecular complexity index is 277. The van der Waals surface area contributed by atoms with Gasteiger partial charge in [0.2, 0.25) is 0 Å². The molecule has 6 nitrogen and oxygen atoms in total. The number of unbranched alkanes of at least 4 members (excludes halogenated alkanes) is 13. The molecule has 0 radical (unpaired) electrons. The van der Waals surface area contributed by atoms with E-state index in [1.807, 2.05) is 0 Å². The average Bonchev–Trinajstić information content (AvgIpc) is 2.51. The van der Waals surface area contributed by atoms with Crippen molar-refractivity contribution in [1.82, 2.24) is 0 Å². The molecule has 0 fully saturated rings. The normalized spacial score (nSPS) is 10.4. The van der Waals surface area contributed by atoms with Crippen molar-refractivity contribution in [3.8, 4) is 0 Å². The first kappa shape index (κ1) is 40.4. The van der Waals surface area contributed by atoms with Crippen LogP contribution in [0, 0.1) is 0 Å². The Balaban J connectivity index is -0.000000139. The third-order valence-electron chi connectivity index (χ3n) is 3.65. The second-order valence-corrected chi connectivity index (χ2v) is 7.40. The first-order valence-electron chi connectivity index (χ1n) is 9.12. The Morgan fingerprint density at radius 2 is 0.889 bits per heavy atom. The van der Waals surface area contributed by atoms with E-state index in [0.717, 1.165) is 6.42 Å². The van der Waals surface area contributed by atoms with Crippen LogP contribution in [0.3, 0.4) is 0 Å². The van der Waals surface area contributed by atoms with Crippen LogP contribution in [-0.4, -0.2) is 11.7 Å². The van der Waals surface area contributed by atoms with Gasteiger partial charge >= 0.3 is 105 Å². The topological polar surface area (TPSA) is 110 Å². The maximum atomic E-state index is 9.24. The Kier molecular flexibility index (Phi) is 54.5. The van der Waals surface area contributed by atoms with Gasteiger partial charge in [-0.05, 0) is 15.6 Å². The SMILES string of the molecule is CCCCCCCCCCCCCCCCO.O=[P+]([O-])O[P+](=O)[O-].[Na+].[Na+].[Na+]. The summed E-state index contributed by atoms with van der Waals surface area (Å²) in [7, 11) is -6.47. The second kappa shape index (κ2) is 36.4. The summed E-state index contributed by atoms with van der Waals surface area (Å²) in [6.45, 7) is 2.65. The molecule has 2 atom stereocenters. The molecule has 0 saturated carbocycles. The minimum Gasteiger partial charge on any atom is -0.563 e. The van der Waals surface area contributed by atoms with Crippen molar-refractivity contribution in [2.75, 3.05) is 6.61 Å². The number of aliphatic hydroxyl groups excluding tert-OH is 1. The number of aliphatic hydroxyl groups is 1. The van der Waals surface area contributed by atoms with Gasteiger partial charge in [-0.3, -0.25) is 0 Å². The van der Waals surface area contributed by atoms with E-state index in [9.17, 15) is 18.9 Å². The molecule has 11 heteroatoms. The van der Waals surface area contributed by atoms with Crippen LogP contribution in [0.1, 0.15) is 96.8 Å². The fraction of sp³-hybridized carbons (Fsp3) is 1.00. The smallest absolute Gasteiger partial charge is 0.563 e. The molecule has 0 aromatic heterocycles. The van der Waals surface area contributed by atoms with Crippen LogP contribution in [0.15, 0.2) is 0 Å². The van der Waals surface area contributed by atoms with E-state index in [2.05, 4.69) is 11.2 Å². The zero-order valence-corrected chi connectivity index (χ0v) is 25.8. The summed E-state index contributed by atoms with van der Waals surface area (Å²) in [5.74, 6) is 0. The molecule has 144 valence electrons. The summed E-state index contributed by atoms with van der Waals surface area (Å²) in [6.07, 6.45) is 19.2. The van der Waals surface area contributed by atoms with Crippen LogP contribution in [-0.2, 0) is 13.4 Å². The van der Waals surface area contributed by atoms with Gasteiger partial charge in [0.15, 0.2) is 0 Å². The van der Waals surface area contributed by atoms with Gasteiger partial charge in [0.1, 0.15) is 4.31 Å². The fourth-order valence-corrected chi connectivity index (χ4v) is 2.80. The molecule has 0 aromatic carbocycles. The monoisotopic (exact) mass is 453 g/mol. The van der Waals surface area contributed by atoms with E-state index in [-0.39, 0.29) is 88.7 Å². The summed E-state index contributed by atoms with van der Waals surface area (Å²) >= 11 is 0. The van der Waals surface area contributed by atoms with Crippen molar-refractivity contribution in [2.45, 2.75) is 96.8 Å². The van der Waals surface area contributed by atoms with Crippen LogP contribution in [0.25, 0.3) is 0 Å². The molecule has 0 aliphatic carbocycles. The molecule has 0 amide bonds. The van der Waals surface area contributed by atoms with E-state index in [1.165, 1.54) is 83.5 Å². The van der Waals surface area contributed by atoms with Gasteiger partial charge in [-0.25, -0.2) is 0 Å². The molecule has 1 N–H and O–H groups in total. The van der Waals surface area contributed by atoms with Gasteiger partial charge in [-0.2, -0.15) is 0 Å². The summed E-state index contributed by atoms with van der Waals surface area (Å²) < 4.78 is 21.6. The summed E-state index contributed by atoms with van der Waals surface area (Å²) in [4.78, 5) is 18.5. The third-order valence-corrected chi connectivity index (χ3v) is 4.71. The minimum absolute atomic E-state index is 0. The average molecular weight is 453 g/mol. The molecule has 2 unspecified atom stereocenters. The van der Waals surface area contributed by atoms with Crippen molar-refractivity contribution in [1.29, 1.82) is 0 Å². The number of hydrogen-bond donors (Lipinski definition) is 1. The van der Waals surface area contributed by atoms with Gasteiger partial charge in [-0.1, -0.05) is 90.4 Å². The van der Waals surface area contributed by atoms with Crippen molar-refractivity contribution in [2.24, 2.45) is 0 Å². The van der Waals surface area contributed by atoms with E-state index < -0.39 is 16.5 Å². The predicted octanol–water partition coefficient (Wildman–Crippen LogP) is -4.49. The van der Waals surface area contributed by atoms with E-state index in [4.69, 9.17) is 5.11 Å². The maximum absolute atomic E-state index is 9.24. The number of hydrogen-bond acceptors (Lipinski definition) is 6. The summed E-state index contributed by atoms with van der Waals surface area (Å²) in [6, 6.07) is 0. The van der Waals surface area contributed by atoms with Crippen molar-refractivity contribution in [3.05, 3.63) is 0 Å². The molecule has 27 heavy (non-hydrogen) atoms. The summed E-state index contributed by atoms with van der Waals surface area (Å²) in [5, 5.41) is 8.64. The zero-order valence-electron chi connectivity index (χ0n) is 18.0. The predicted molar refractivity (Wildman–Crippen MR) is 93.7 cm³/mol. The molecule has 0 rings (SSSR count). The molecule has 0 heterocycles. The maximum Gasteiger partial charge on any atom is 1.00 e. The van der Waals surface area contributed by atoms with E-state index >= 15 is 0 Å². The molecule has 0 spiro atoms. The largest absolute Gasteiger partial charge is 1.00 e. The number of rotatable bonds is 16. The molecule has 0 aromatic rings. The van der Waals surface area contributed by atoms with Gasteiger partial charge < -0.3 is 14.9 Å². The quantitative estimate of drug-likeness (QED) is 0.143.